The Bertz CT molecular complexity index is 690. The van der Waals surface area contributed by atoms with Crippen LogP contribution in [0.5, 0.6) is 11.5 Å². The maximum Gasteiger partial charge on any atom is 0.404 e. The average molecular weight is 348 g/mol. The van der Waals surface area contributed by atoms with E-state index in [1.807, 2.05) is 0 Å². The van der Waals surface area contributed by atoms with E-state index in [9.17, 15) is 31.1 Å². The van der Waals surface area contributed by atoms with Gasteiger partial charge in [-0.1, -0.05) is 24.3 Å². The Kier molecular flexibility index (Phi) is 4.86. The van der Waals surface area contributed by atoms with E-state index >= 15 is 0 Å². The van der Waals surface area contributed by atoms with Crippen molar-refractivity contribution in [1.29, 1.82) is 0 Å². The summed E-state index contributed by atoms with van der Waals surface area (Å²) < 4.78 is 81.2. The quantitative estimate of drug-likeness (QED) is 0.539. The maximum atomic E-state index is 12.6. The third kappa shape index (κ3) is 4.27. The maximum absolute atomic E-state index is 12.6. The second kappa shape index (κ2) is 6.54. The third-order valence-corrected chi connectivity index (χ3v) is 3.10. The van der Waals surface area contributed by atoms with Crippen molar-refractivity contribution in [3.05, 3.63) is 59.7 Å². The second-order valence-electron chi connectivity index (χ2n) is 4.88. The molecule has 0 aliphatic rings. The lowest BCUT2D eigenvalue weighted by molar-refractivity contribution is -0.253. The van der Waals surface area contributed by atoms with Crippen molar-refractivity contribution in [1.82, 2.24) is 0 Å². The zero-order valence-electron chi connectivity index (χ0n) is 11.9. The molecule has 0 spiro atoms. The molecule has 128 valence electrons. The molecule has 8 heteroatoms. The van der Waals surface area contributed by atoms with E-state index in [-0.39, 0.29) is 11.5 Å². The van der Waals surface area contributed by atoms with Crippen LogP contribution in [0.3, 0.4) is 0 Å². The van der Waals surface area contributed by atoms with E-state index in [0.29, 0.717) is 24.0 Å². The predicted octanol–water partition coefficient (Wildman–Crippen LogP) is 5.50. The SMILES string of the molecule is O=Cc1cccc(Oc2ccc(C(C(F)(F)F)C(F)(F)F)cc2)c1. The third-order valence-electron chi connectivity index (χ3n) is 3.10. The smallest absolute Gasteiger partial charge is 0.404 e. The summed E-state index contributed by atoms with van der Waals surface area (Å²) in [6.07, 6.45) is -10.3. The van der Waals surface area contributed by atoms with Crippen molar-refractivity contribution >= 4 is 6.29 Å². The number of carbonyl (C=O) groups is 1. The van der Waals surface area contributed by atoms with E-state index in [2.05, 4.69) is 0 Å². The summed E-state index contributed by atoms with van der Waals surface area (Å²) in [7, 11) is 0. The van der Waals surface area contributed by atoms with Crippen LogP contribution in [-0.2, 0) is 0 Å². The van der Waals surface area contributed by atoms with Gasteiger partial charge in [-0.05, 0) is 29.8 Å². The van der Waals surface area contributed by atoms with Crippen molar-refractivity contribution < 1.29 is 35.9 Å². The summed E-state index contributed by atoms with van der Waals surface area (Å²) in [5.74, 6) is -3.28. The first-order valence-corrected chi connectivity index (χ1v) is 6.58. The molecule has 0 aliphatic heterocycles. The lowest BCUT2D eigenvalue weighted by Crippen LogP contribution is -2.34. The van der Waals surface area contributed by atoms with Crippen LogP contribution in [0.1, 0.15) is 21.8 Å². The van der Waals surface area contributed by atoms with Crippen LogP contribution in [0.4, 0.5) is 26.3 Å². The molecule has 0 aliphatic carbocycles. The first kappa shape index (κ1) is 17.8. The molecule has 0 unspecified atom stereocenters. The largest absolute Gasteiger partial charge is 0.457 e. The molecule has 0 fully saturated rings. The van der Waals surface area contributed by atoms with Gasteiger partial charge in [0.2, 0.25) is 0 Å². The first-order valence-electron chi connectivity index (χ1n) is 6.58. The number of hydrogen-bond donors (Lipinski definition) is 0. The van der Waals surface area contributed by atoms with E-state index < -0.39 is 23.8 Å². The number of aldehydes is 1. The molecule has 2 aromatic carbocycles. The van der Waals surface area contributed by atoms with Gasteiger partial charge >= 0.3 is 12.4 Å². The van der Waals surface area contributed by atoms with Gasteiger partial charge in [-0.15, -0.1) is 0 Å². The van der Waals surface area contributed by atoms with Gasteiger partial charge in [-0.25, -0.2) is 0 Å². The van der Waals surface area contributed by atoms with Gasteiger partial charge in [0.05, 0.1) is 0 Å². The highest BCUT2D eigenvalue weighted by Crippen LogP contribution is 2.46. The normalized spacial score (nSPS) is 12.3. The fourth-order valence-electron chi connectivity index (χ4n) is 2.08. The zero-order chi connectivity index (χ0) is 18.0. The molecule has 2 aromatic rings. The van der Waals surface area contributed by atoms with Gasteiger partial charge in [0, 0.05) is 5.56 Å². The Hall–Kier alpha value is -2.51. The number of alkyl halides is 6. The Morgan fingerprint density at radius 3 is 1.92 bits per heavy atom. The van der Waals surface area contributed by atoms with Crippen molar-refractivity contribution in [2.75, 3.05) is 0 Å². The zero-order valence-corrected chi connectivity index (χ0v) is 11.9. The van der Waals surface area contributed by atoms with Crippen LogP contribution in [0.15, 0.2) is 48.5 Å². The molecular formula is C16H10F6O2. The number of ether oxygens (including phenoxy) is 1. The van der Waals surface area contributed by atoms with Gasteiger partial charge < -0.3 is 4.74 Å². The average Bonchev–Trinajstić information content (AvgIpc) is 2.46. The van der Waals surface area contributed by atoms with Gasteiger partial charge in [0.15, 0.2) is 5.92 Å². The number of hydrogen-bond acceptors (Lipinski definition) is 2. The van der Waals surface area contributed by atoms with Crippen LogP contribution in [0, 0.1) is 0 Å². The highest BCUT2D eigenvalue weighted by molar-refractivity contribution is 5.75. The highest BCUT2D eigenvalue weighted by atomic mass is 19.4. The summed E-state index contributed by atoms with van der Waals surface area (Å²) in [6.45, 7) is 0. The van der Waals surface area contributed by atoms with Crippen molar-refractivity contribution in [2.45, 2.75) is 18.3 Å². The molecule has 0 saturated carbocycles. The molecule has 0 atom stereocenters. The van der Waals surface area contributed by atoms with Gasteiger partial charge in [-0.2, -0.15) is 26.3 Å². The number of benzene rings is 2. The molecule has 0 amide bonds. The molecule has 0 saturated heterocycles. The van der Waals surface area contributed by atoms with Crippen LogP contribution in [-0.4, -0.2) is 18.6 Å². The van der Waals surface area contributed by atoms with Crippen LogP contribution in [0.2, 0.25) is 0 Å². The fraction of sp³-hybridized carbons (Fsp3) is 0.188. The molecule has 2 nitrogen and oxygen atoms in total. The van der Waals surface area contributed by atoms with E-state index in [1.165, 1.54) is 24.3 Å². The summed E-state index contributed by atoms with van der Waals surface area (Å²) in [6, 6.07) is 9.36. The molecule has 0 bridgehead atoms. The van der Waals surface area contributed by atoms with Crippen LogP contribution in [0.25, 0.3) is 0 Å². The molecule has 0 radical (unpaired) electrons. The Morgan fingerprint density at radius 2 is 1.42 bits per heavy atom. The fourth-order valence-corrected chi connectivity index (χ4v) is 2.08. The summed E-state index contributed by atoms with van der Waals surface area (Å²) in [5, 5.41) is 0. The number of rotatable bonds is 4. The summed E-state index contributed by atoms with van der Waals surface area (Å²) >= 11 is 0. The van der Waals surface area contributed by atoms with E-state index in [1.54, 1.807) is 0 Å². The lowest BCUT2D eigenvalue weighted by atomic mass is 9.98. The monoisotopic (exact) mass is 348 g/mol. The topological polar surface area (TPSA) is 26.3 Å². The molecular weight excluding hydrogens is 338 g/mol. The highest BCUT2D eigenvalue weighted by Gasteiger charge is 2.57. The van der Waals surface area contributed by atoms with E-state index in [0.717, 1.165) is 12.1 Å². The molecule has 0 N–H and O–H groups in total. The van der Waals surface area contributed by atoms with Crippen molar-refractivity contribution in [2.24, 2.45) is 0 Å². The second-order valence-corrected chi connectivity index (χ2v) is 4.88. The number of halogens is 6. The Balaban J connectivity index is 2.24. The van der Waals surface area contributed by atoms with Crippen molar-refractivity contribution in [3.63, 3.8) is 0 Å². The minimum atomic E-state index is -5.45. The number of carbonyl (C=O) groups excluding carboxylic acids is 1. The first-order chi connectivity index (χ1) is 11.1. The predicted molar refractivity (Wildman–Crippen MR) is 73.2 cm³/mol. The molecule has 0 heterocycles. The van der Waals surface area contributed by atoms with E-state index in [4.69, 9.17) is 4.74 Å². The minimum absolute atomic E-state index is 0.0462. The summed E-state index contributed by atoms with van der Waals surface area (Å²) in [5.41, 5.74) is -0.609. The van der Waals surface area contributed by atoms with Gasteiger partial charge in [0.1, 0.15) is 17.8 Å². The summed E-state index contributed by atoms with van der Waals surface area (Å²) in [4.78, 5) is 10.7. The Labute approximate surface area is 132 Å². The van der Waals surface area contributed by atoms with Crippen LogP contribution >= 0.6 is 0 Å². The minimum Gasteiger partial charge on any atom is -0.457 e. The lowest BCUT2D eigenvalue weighted by Gasteiger charge is -2.23. The van der Waals surface area contributed by atoms with Gasteiger partial charge in [0.25, 0.3) is 0 Å². The molecule has 24 heavy (non-hydrogen) atoms. The van der Waals surface area contributed by atoms with Crippen LogP contribution < -0.4 is 4.74 Å². The molecule has 2 rings (SSSR count). The van der Waals surface area contributed by atoms with Gasteiger partial charge in [-0.3, -0.25) is 4.79 Å². The standard InChI is InChI=1S/C16H10F6O2/c17-15(18,19)14(16(20,21)22)11-4-6-12(7-5-11)24-13-3-1-2-10(8-13)9-23/h1-9,14H. The van der Waals surface area contributed by atoms with Crippen molar-refractivity contribution in [3.8, 4) is 11.5 Å². The molecule has 0 aromatic heterocycles. The Morgan fingerprint density at radius 1 is 0.833 bits per heavy atom.